The van der Waals surface area contributed by atoms with Crippen molar-refractivity contribution in [2.45, 2.75) is 0 Å². The van der Waals surface area contributed by atoms with Crippen molar-refractivity contribution >= 4 is 57.2 Å². The Bertz CT molecular complexity index is 1330. The molecule has 0 unspecified atom stereocenters. The van der Waals surface area contributed by atoms with Crippen molar-refractivity contribution in [2.24, 2.45) is 0 Å². The van der Waals surface area contributed by atoms with Crippen molar-refractivity contribution in [3.8, 4) is 17.3 Å². The van der Waals surface area contributed by atoms with Gasteiger partial charge in [0.1, 0.15) is 16.7 Å². The standard InChI is InChI=1S/C21H10Cl2N2O2S/c22-15-6-5-12(17(23)9-15)7-14(10-24)20-25-18(11-28-20)16-8-13-3-1-2-4-19(13)27-21(16)26/h1-9,11H/b14-7+. The fraction of sp³-hybridized carbons (Fsp3) is 0. The van der Waals surface area contributed by atoms with Crippen molar-refractivity contribution < 1.29 is 4.42 Å². The number of hydrogen-bond acceptors (Lipinski definition) is 5. The van der Waals surface area contributed by atoms with E-state index in [1.165, 1.54) is 11.3 Å². The number of allylic oxidation sites excluding steroid dienone is 1. The van der Waals surface area contributed by atoms with E-state index in [1.807, 2.05) is 12.1 Å². The minimum Gasteiger partial charge on any atom is -0.422 e. The van der Waals surface area contributed by atoms with E-state index in [0.29, 0.717) is 43.0 Å². The zero-order valence-electron chi connectivity index (χ0n) is 14.1. The molecule has 0 amide bonds. The average Bonchev–Trinajstić information content (AvgIpc) is 3.16. The molecule has 0 bridgehead atoms. The summed E-state index contributed by atoms with van der Waals surface area (Å²) < 4.78 is 5.37. The van der Waals surface area contributed by atoms with Crippen LogP contribution in [0.3, 0.4) is 0 Å². The van der Waals surface area contributed by atoms with Crippen LogP contribution in [0.25, 0.3) is 33.9 Å². The molecule has 0 saturated carbocycles. The number of benzene rings is 2. The lowest BCUT2D eigenvalue weighted by Crippen LogP contribution is -2.02. The van der Waals surface area contributed by atoms with Gasteiger partial charge in [-0.3, -0.25) is 0 Å². The van der Waals surface area contributed by atoms with Crippen LogP contribution in [-0.4, -0.2) is 4.98 Å². The highest BCUT2D eigenvalue weighted by Crippen LogP contribution is 2.29. The van der Waals surface area contributed by atoms with Crippen LogP contribution in [0.5, 0.6) is 0 Å². The number of aromatic nitrogens is 1. The van der Waals surface area contributed by atoms with Crippen LogP contribution >= 0.6 is 34.5 Å². The van der Waals surface area contributed by atoms with Crippen LogP contribution in [0.4, 0.5) is 0 Å². The van der Waals surface area contributed by atoms with Crippen molar-refractivity contribution in [3.05, 3.63) is 84.9 Å². The number of fused-ring (bicyclic) bond motifs is 1. The highest BCUT2D eigenvalue weighted by Gasteiger charge is 2.14. The molecule has 0 fully saturated rings. The SMILES string of the molecule is N#C/C(=C\c1ccc(Cl)cc1Cl)c1nc(-c2cc3ccccc3oc2=O)cs1. The zero-order valence-corrected chi connectivity index (χ0v) is 16.5. The molecule has 136 valence electrons. The molecule has 4 nitrogen and oxygen atoms in total. The van der Waals surface area contributed by atoms with Gasteiger partial charge in [0.15, 0.2) is 0 Å². The maximum atomic E-state index is 12.3. The summed E-state index contributed by atoms with van der Waals surface area (Å²) in [6, 6.07) is 16.2. The van der Waals surface area contributed by atoms with Crippen LogP contribution in [0.15, 0.2) is 63.1 Å². The Labute approximate surface area is 173 Å². The number of nitriles is 1. The first-order valence-corrected chi connectivity index (χ1v) is 9.75. The van der Waals surface area contributed by atoms with E-state index in [9.17, 15) is 10.1 Å². The lowest BCUT2D eigenvalue weighted by Gasteiger charge is -2.00. The van der Waals surface area contributed by atoms with E-state index in [4.69, 9.17) is 27.6 Å². The molecule has 2 heterocycles. The first kappa shape index (κ1) is 18.5. The van der Waals surface area contributed by atoms with Crippen LogP contribution in [0.1, 0.15) is 10.6 Å². The van der Waals surface area contributed by atoms with Crippen LogP contribution in [0.2, 0.25) is 10.0 Å². The summed E-state index contributed by atoms with van der Waals surface area (Å²) in [5, 5.41) is 13.5. The molecule has 0 aliphatic rings. The minimum absolute atomic E-state index is 0.339. The second kappa shape index (κ2) is 7.61. The van der Waals surface area contributed by atoms with E-state index in [1.54, 1.807) is 47.9 Å². The summed E-state index contributed by atoms with van der Waals surface area (Å²) in [5.74, 6) is 0. The molecule has 0 atom stereocenters. The molecule has 0 saturated heterocycles. The quantitative estimate of drug-likeness (QED) is 0.286. The number of nitrogens with zero attached hydrogens (tertiary/aromatic N) is 2. The molecule has 2 aromatic heterocycles. The van der Waals surface area contributed by atoms with Crippen LogP contribution in [-0.2, 0) is 0 Å². The van der Waals surface area contributed by atoms with Crippen LogP contribution < -0.4 is 5.63 Å². The zero-order chi connectivity index (χ0) is 19.7. The Morgan fingerprint density at radius 2 is 2.00 bits per heavy atom. The first-order chi connectivity index (χ1) is 13.5. The molecule has 28 heavy (non-hydrogen) atoms. The monoisotopic (exact) mass is 424 g/mol. The third-order valence-corrected chi connectivity index (χ3v) is 5.47. The van der Waals surface area contributed by atoms with Gasteiger partial charge in [-0.05, 0) is 35.9 Å². The highest BCUT2D eigenvalue weighted by molar-refractivity contribution is 7.11. The minimum atomic E-state index is -0.473. The van der Waals surface area contributed by atoms with Gasteiger partial charge in [0.25, 0.3) is 0 Å². The summed E-state index contributed by atoms with van der Waals surface area (Å²) >= 11 is 13.4. The third-order valence-electron chi connectivity index (χ3n) is 4.03. The molecule has 0 aliphatic carbocycles. The molecule has 4 rings (SSSR count). The Morgan fingerprint density at radius 1 is 1.18 bits per heavy atom. The van der Waals surface area contributed by atoms with E-state index in [0.717, 1.165) is 5.39 Å². The fourth-order valence-corrected chi connectivity index (χ4v) is 3.93. The van der Waals surface area contributed by atoms with Gasteiger partial charge in [-0.1, -0.05) is 47.5 Å². The van der Waals surface area contributed by atoms with Gasteiger partial charge in [-0.2, -0.15) is 5.26 Å². The highest BCUT2D eigenvalue weighted by atomic mass is 35.5. The summed E-state index contributed by atoms with van der Waals surface area (Å²) in [4.78, 5) is 16.8. The van der Waals surface area contributed by atoms with Gasteiger partial charge in [0.2, 0.25) is 0 Å². The average molecular weight is 425 g/mol. The number of thiazole rings is 1. The van der Waals surface area contributed by atoms with Gasteiger partial charge in [-0.15, -0.1) is 11.3 Å². The van der Waals surface area contributed by atoms with Gasteiger partial charge >= 0.3 is 5.63 Å². The maximum Gasteiger partial charge on any atom is 0.345 e. The van der Waals surface area contributed by atoms with Gasteiger partial charge < -0.3 is 4.42 Å². The Hall–Kier alpha value is -2.91. The Balaban J connectivity index is 1.76. The summed E-state index contributed by atoms with van der Waals surface area (Å²) in [6.07, 6.45) is 1.64. The van der Waals surface area contributed by atoms with Gasteiger partial charge in [0.05, 0.1) is 16.8 Å². The van der Waals surface area contributed by atoms with Gasteiger partial charge in [0, 0.05) is 20.8 Å². The molecule has 0 N–H and O–H groups in total. The van der Waals surface area contributed by atoms with E-state index in [-0.39, 0.29) is 0 Å². The Morgan fingerprint density at radius 3 is 2.79 bits per heavy atom. The van der Waals surface area contributed by atoms with Crippen molar-refractivity contribution in [2.75, 3.05) is 0 Å². The lowest BCUT2D eigenvalue weighted by molar-refractivity contribution is 0.563. The molecule has 0 aliphatic heterocycles. The predicted molar refractivity (Wildman–Crippen MR) is 114 cm³/mol. The summed E-state index contributed by atoms with van der Waals surface area (Å²) in [7, 11) is 0. The van der Waals surface area contributed by atoms with Crippen molar-refractivity contribution in [1.82, 2.24) is 4.98 Å². The predicted octanol–water partition coefficient (Wildman–Crippen LogP) is 6.29. The summed E-state index contributed by atoms with van der Waals surface area (Å²) in [6.45, 7) is 0. The number of halogens is 2. The molecule has 4 aromatic rings. The van der Waals surface area contributed by atoms with Crippen molar-refractivity contribution in [1.29, 1.82) is 5.26 Å². The Kier molecular flexibility index (Phi) is 5.01. The largest absolute Gasteiger partial charge is 0.422 e. The normalized spacial score (nSPS) is 11.5. The lowest BCUT2D eigenvalue weighted by atomic mass is 10.1. The molecule has 7 heteroatoms. The molecule has 2 aromatic carbocycles. The first-order valence-electron chi connectivity index (χ1n) is 8.11. The number of para-hydroxylation sites is 1. The molecule has 0 radical (unpaired) electrons. The molecule has 0 spiro atoms. The van der Waals surface area contributed by atoms with Crippen LogP contribution in [0, 0.1) is 11.3 Å². The number of hydrogen-bond donors (Lipinski definition) is 0. The molecular weight excluding hydrogens is 415 g/mol. The van der Waals surface area contributed by atoms with Gasteiger partial charge in [-0.25, -0.2) is 9.78 Å². The molecular formula is C21H10Cl2N2O2S. The number of rotatable bonds is 3. The second-order valence-electron chi connectivity index (χ2n) is 5.86. The van der Waals surface area contributed by atoms with Crippen molar-refractivity contribution in [3.63, 3.8) is 0 Å². The topological polar surface area (TPSA) is 66.9 Å². The fourth-order valence-electron chi connectivity index (χ4n) is 2.68. The smallest absolute Gasteiger partial charge is 0.345 e. The maximum absolute atomic E-state index is 12.3. The second-order valence-corrected chi connectivity index (χ2v) is 7.56. The third kappa shape index (κ3) is 3.58. The summed E-state index contributed by atoms with van der Waals surface area (Å²) in [5.41, 5.74) is 1.85. The van der Waals surface area contributed by atoms with E-state index in [2.05, 4.69) is 11.1 Å². The van der Waals surface area contributed by atoms with E-state index < -0.39 is 5.63 Å². The van der Waals surface area contributed by atoms with E-state index >= 15 is 0 Å².